The van der Waals surface area contributed by atoms with Gasteiger partial charge in [0.15, 0.2) is 5.65 Å². The smallest absolute Gasteiger partial charge is 0.165 e. The fourth-order valence-corrected chi connectivity index (χ4v) is 1.96. The molecule has 92 valence electrons. The number of fused-ring (bicyclic) bond motifs is 1. The Morgan fingerprint density at radius 3 is 2.89 bits per heavy atom. The Bertz CT molecular complexity index is 774. The molecule has 0 bridgehead atoms. The summed E-state index contributed by atoms with van der Waals surface area (Å²) in [5.41, 5.74) is 3.84. The number of aromatic nitrogens is 3. The van der Waals surface area contributed by atoms with Gasteiger partial charge in [0, 0.05) is 11.3 Å². The maximum atomic E-state index is 10.8. The molecule has 3 aromatic rings. The zero-order chi connectivity index (χ0) is 13.2. The van der Waals surface area contributed by atoms with Gasteiger partial charge in [-0.3, -0.25) is 9.36 Å². The molecule has 19 heavy (non-hydrogen) atoms. The molecule has 1 aromatic carbocycles. The van der Waals surface area contributed by atoms with Crippen molar-refractivity contribution in [3.05, 3.63) is 60.6 Å². The monoisotopic (exact) mass is 249 g/mol. The molecule has 0 atom stereocenters. The third kappa shape index (κ3) is 1.93. The Morgan fingerprint density at radius 2 is 2.11 bits per heavy atom. The first kappa shape index (κ1) is 11.3. The lowest BCUT2D eigenvalue weighted by Gasteiger charge is -2.04. The van der Waals surface area contributed by atoms with E-state index in [9.17, 15) is 4.79 Å². The van der Waals surface area contributed by atoms with E-state index in [1.807, 2.05) is 28.8 Å². The van der Waals surface area contributed by atoms with Gasteiger partial charge in [-0.2, -0.15) is 0 Å². The van der Waals surface area contributed by atoms with E-state index in [0.29, 0.717) is 5.56 Å². The van der Waals surface area contributed by atoms with Gasteiger partial charge in [-0.05, 0) is 30.3 Å². The minimum Gasteiger partial charge on any atom is -0.298 e. The second kappa shape index (κ2) is 4.49. The fourth-order valence-electron chi connectivity index (χ4n) is 1.96. The maximum Gasteiger partial charge on any atom is 0.165 e. The van der Waals surface area contributed by atoms with Crippen molar-refractivity contribution in [2.24, 2.45) is 0 Å². The minimum atomic E-state index is 0.624. The van der Waals surface area contributed by atoms with Crippen LogP contribution in [0.15, 0.2) is 49.3 Å². The Balaban J connectivity index is 2.23. The molecular formula is C15H11N3O. The van der Waals surface area contributed by atoms with Crippen LogP contribution in [0, 0.1) is 0 Å². The molecule has 0 aliphatic carbocycles. The molecule has 3 rings (SSSR count). The third-order valence-electron chi connectivity index (χ3n) is 2.91. The lowest BCUT2D eigenvalue weighted by Crippen LogP contribution is -1.95. The number of carbonyl (C=O) groups excluding carboxylic acids is 1. The van der Waals surface area contributed by atoms with Crippen LogP contribution in [0.25, 0.3) is 22.9 Å². The van der Waals surface area contributed by atoms with Crippen molar-refractivity contribution in [3.8, 4) is 5.69 Å². The molecule has 0 N–H and O–H groups in total. The third-order valence-corrected chi connectivity index (χ3v) is 2.91. The summed E-state index contributed by atoms with van der Waals surface area (Å²) in [4.78, 5) is 19.6. The summed E-state index contributed by atoms with van der Waals surface area (Å²) in [6, 6.07) is 11.1. The van der Waals surface area contributed by atoms with Gasteiger partial charge in [0.1, 0.15) is 18.1 Å². The van der Waals surface area contributed by atoms with Crippen molar-refractivity contribution in [1.82, 2.24) is 14.5 Å². The molecule has 0 fully saturated rings. The van der Waals surface area contributed by atoms with Crippen LogP contribution >= 0.6 is 0 Å². The van der Waals surface area contributed by atoms with Gasteiger partial charge in [-0.15, -0.1) is 0 Å². The summed E-state index contributed by atoms with van der Waals surface area (Å²) in [5.74, 6) is 0. The van der Waals surface area contributed by atoms with Crippen LogP contribution in [0.2, 0.25) is 0 Å². The lowest BCUT2D eigenvalue weighted by atomic mass is 10.2. The number of benzene rings is 1. The lowest BCUT2D eigenvalue weighted by molar-refractivity contribution is 0.112. The predicted octanol–water partition coefficient (Wildman–Crippen LogP) is 2.88. The van der Waals surface area contributed by atoms with Gasteiger partial charge in [-0.25, -0.2) is 9.97 Å². The zero-order valence-corrected chi connectivity index (χ0v) is 10.2. The number of hydrogen-bond donors (Lipinski definition) is 0. The highest BCUT2D eigenvalue weighted by molar-refractivity contribution is 5.78. The van der Waals surface area contributed by atoms with E-state index in [1.165, 1.54) is 0 Å². The molecule has 0 saturated heterocycles. The van der Waals surface area contributed by atoms with E-state index in [4.69, 9.17) is 0 Å². The number of nitrogens with zero attached hydrogens (tertiary/aromatic N) is 3. The van der Waals surface area contributed by atoms with Crippen molar-refractivity contribution in [2.75, 3.05) is 0 Å². The largest absolute Gasteiger partial charge is 0.298 e. The van der Waals surface area contributed by atoms with Crippen molar-refractivity contribution in [2.45, 2.75) is 0 Å². The summed E-state index contributed by atoms with van der Waals surface area (Å²) < 4.78 is 1.86. The Morgan fingerprint density at radius 1 is 1.21 bits per heavy atom. The minimum absolute atomic E-state index is 0.624. The number of carbonyl (C=O) groups is 1. The Hall–Kier alpha value is -2.75. The highest BCUT2D eigenvalue weighted by Crippen LogP contribution is 2.17. The molecule has 0 amide bonds. The van der Waals surface area contributed by atoms with E-state index in [0.717, 1.165) is 28.8 Å². The molecule has 2 heterocycles. The molecule has 4 heteroatoms. The summed E-state index contributed by atoms with van der Waals surface area (Å²) in [7, 11) is 0. The highest BCUT2D eigenvalue weighted by atomic mass is 16.1. The number of hydrogen-bond acceptors (Lipinski definition) is 3. The van der Waals surface area contributed by atoms with Crippen molar-refractivity contribution >= 4 is 23.5 Å². The Kier molecular flexibility index (Phi) is 2.68. The van der Waals surface area contributed by atoms with Crippen LogP contribution in [0.3, 0.4) is 0 Å². The number of aldehydes is 1. The first-order valence-electron chi connectivity index (χ1n) is 5.84. The molecule has 4 nitrogen and oxygen atoms in total. The zero-order valence-electron chi connectivity index (χ0n) is 10.2. The molecule has 2 aromatic heterocycles. The maximum absolute atomic E-state index is 10.8. The van der Waals surface area contributed by atoms with Gasteiger partial charge in [0.05, 0.1) is 5.69 Å². The summed E-state index contributed by atoms with van der Waals surface area (Å²) in [5, 5.41) is 0. The van der Waals surface area contributed by atoms with E-state index >= 15 is 0 Å². The van der Waals surface area contributed by atoms with Gasteiger partial charge in [0.25, 0.3) is 0 Å². The standard InChI is InChI=1S/C15H11N3O/c1-2-12-6-7-14-15(17-12)18(10-16-14)13-5-3-4-11(8-13)9-19/h2-10H,1H2. The van der Waals surface area contributed by atoms with Crippen LogP contribution in [0.5, 0.6) is 0 Å². The fraction of sp³-hybridized carbons (Fsp3) is 0. The van der Waals surface area contributed by atoms with Crippen molar-refractivity contribution in [1.29, 1.82) is 0 Å². The van der Waals surface area contributed by atoms with Crippen LogP contribution < -0.4 is 0 Å². The van der Waals surface area contributed by atoms with Gasteiger partial charge >= 0.3 is 0 Å². The van der Waals surface area contributed by atoms with E-state index in [2.05, 4.69) is 16.5 Å². The number of rotatable bonds is 3. The average Bonchev–Trinajstić information content (AvgIpc) is 2.90. The van der Waals surface area contributed by atoms with Gasteiger partial charge in [-0.1, -0.05) is 18.7 Å². The predicted molar refractivity (Wildman–Crippen MR) is 74.3 cm³/mol. The van der Waals surface area contributed by atoms with Crippen LogP contribution in [0.1, 0.15) is 16.1 Å². The second-order valence-corrected chi connectivity index (χ2v) is 4.11. The summed E-state index contributed by atoms with van der Waals surface area (Å²) in [6.07, 6.45) is 4.22. The highest BCUT2D eigenvalue weighted by Gasteiger charge is 2.06. The summed E-state index contributed by atoms with van der Waals surface area (Å²) >= 11 is 0. The van der Waals surface area contributed by atoms with Crippen molar-refractivity contribution in [3.63, 3.8) is 0 Å². The quantitative estimate of drug-likeness (QED) is 0.670. The molecule has 0 spiro atoms. The second-order valence-electron chi connectivity index (χ2n) is 4.11. The van der Waals surface area contributed by atoms with Crippen LogP contribution in [-0.2, 0) is 0 Å². The molecule has 0 radical (unpaired) electrons. The first-order valence-corrected chi connectivity index (χ1v) is 5.84. The normalized spacial score (nSPS) is 10.5. The molecule has 0 unspecified atom stereocenters. The number of imidazole rings is 1. The Labute approximate surface area is 110 Å². The van der Waals surface area contributed by atoms with Gasteiger partial charge < -0.3 is 0 Å². The van der Waals surface area contributed by atoms with E-state index < -0.39 is 0 Å². The van der Waals surface area contributed by atoms with E-state index in [1.54, 1.807) is 24.5 Å². The van der Waals surface area contributed by atoms with Gasteiger partial charge in [0.2, 0.25) is 0 Å². The molecular weight excluding hydrogens is 238 g/mol. The summed E-state index contributed by atoms with van der Waals surface area (Å²) in [6.45, 7) is 3.71. The average molecular weight is 249 g/mol. The molecule has 0 aliphatic heterocycles. The topological polar surface area (TPSA) is 47.8 Å². The van der Waals surface area contributed by atoms with Crippen LogP contribution in [0.4, 0.5) is 0 Å². The molecule has 0 aliphatic rings. The number of pyridine rings is 1. The van der Waals surface area contributed by atoms with E-state index in [-0.39, 0.29) is 0 Å². The SMILES string of the molecule is C=Cc1ccc2ncn(-c3cccc(C=O)c3)c2n1. The van der Waals surface area contributed by atoms with Crippen LogP contribution in [-0.4, -0.2) is 20.8 Å². The first-order chi connectivity index (χ1) is 9.31. The van der Waals surface area contributed by atoms with Crippen molar-refractivity contribution < 1.29 is 4.79 Å². The molecule has 0 saturated carbocycles.